The fourth-order valence-corrected chi connectivity index (χ4v) is 2.52. The highest BCUT2D eigenvalue weighted by molar-refractivity contribution is 14.0. The zero-order chi connectivity index (χ0) is 21.7. The molecule has 0 unspecified atom stereocenters. The summed E-state index contributed by atoms with van der Waals surface area (Å²) < 4.78 is 47.9. The van der Waals surface area contributed by atoms with Crippen molar-refractivity contribution in [3.63, 3.8) is 0 Å². The van der Waals surface area contributed by atoms with Crippen molar-refractivity contribution < 1.29 is 17.9 Å². The van der Waals surface area contributed by atoms with Crippen LogP contribution in [-0.4, -0.2) is 32.9 Å². The number of aryl methyl sites for hydroxylation is 1. The third-order valence-electron chi connectivity index (χ3n) is 3.78. The quantitative estimate of drug-likeness (QED) is 0.331. The molecule has 1 aromatic heterocycles. The van der Waals surface area contributed by atoms with Gasteiger partial charge in [-0.1, -0.05) is 6.07 Å². The molecule has 168 valence electrons. The molecule has 0 saturated heterocycles. The Kier molecular flexibility index (Phi) is 9.37. The van der Waals surface area contributed by atoms with Gasteiger partial charge in [0.25, 0.3) is 0 Å². The molecule has 0 bridgehead atoms. The van der Waals surface area contributed by atoms with Gasteiger partial charge in [0.1, 0.15) is 23.5 Å². The first-order valence-corrected chi connectivity index (χ1v) is 9.24. The Bertz CT molecular complexity index is 846. The van der Waals surface area contributed by atoms with E-state index in [0.29, 0.717) is 24.9 Å². The Morgan fingerprint density at radius 2 is 1.90 bits per heavy atom. The van der Waals surface area contributed by atoms with Gasteiger partial charge in [0.15, 0.2) is 5.96 Å². The summed E-state index contributed by atoms with van der Waals surface area (Å²) in [5, 5.41) is 10.0. The number of aliphatic imine (C=N–C) groups is 1. The van der Waals surface area contributed by atoms with Gasteiger partial charge in [-0.15, -0.1) is 24.0 Å². The smallest absolute Gasteiger partial charge is 0.416 e. The summed E-state index contributed by atoms with van der Waals surface area (Å²) in [6, 6.07) is 3.96. The van der Waals surface area contributed by atoms with Crippen molar-refractivity contribution in [3.8, 4) is 5.75 Å². The number of hydrogen-bond acceptors (Lipinski definition) is 4. The van der Waals surface area contributed by atoms with Crippen LogP contribution in [0.15, 0.2) is 29.5 Å². The van der Waals surface area contributed by atoms with Crippen LogP contribution in [0, 0.1) is 0 Å². The molecule has 0 fully saturated rings. The average Bonchev–Trinajstić information content (AvgIpc) is 3.01. The number of ether oxygens (including phenoxy) is 1. The molecular weight excluding hydrogens is 512 g/mol. The molecule has 0 amide bonds. The molecule has 1 heterocycles. The minimum Gasteiger partial charge on any atom is -0.488 e. The fourth-order valence-electron chi connectivity index (χ4n) is 2.52. The van der Waals surface area contributed by atoms with Crippen LogP contribution in [-0.2, 0) is 26.3 Å². The topological polar surface area (TPSA) is 76.4 Å². The van der Waals surface area contributed by atoms with Gasteiger partial charge in [-0.05, 0) is 45.4 Å². The monoisotopic (exact) mass is 540 g/mol. The zero-order valence-electron chi connectivity index (χ0n) is 17.7. The van der Waals surface area contributed by atoms with Crippen LogP contribution >= 0.6 is 24.0 Å². The predicted molar refractivity (Wildman–Crippen MR) is 120 cm³/mol. The fraction of sp³-hybridized carbons (Fsp3) is 0.526. The van der Waals surface area contributed by atoms with Gasteiger partial charge >= 0.3 is 6.18 Å². The predicted octanol–water partition coefficient (Wildman–Crippen LogP) is 3.88. The summed E-state index contributed by atoms with van der Waals surface area (Å²) in [6.07, 6.45) is -3.08. The maximum absolute atomic E-state index is 13.6. The Morgan fingerprint density at radius 1 is 1.20 bits per heavy atom. The molecule has 0 radical (unpaired) electrons. The van der Waals surface area contributed by atoms with Crippen LogP contribution < -0.4 is 15.4 Å². The molecule has 0 aliphatic rings. The molecule has 2 N–H and O–H groups in total. The van der Waals surface area contributed by atoms with E-state index in [0.717, 1.165) is 6.07 Å². The third-order valence-corrected chi connectivity index (χ3v) is 3.78. The number of hydrogen-bond donors (Lipinski definition) is 2. The maximum atomic E-state index is 13.6. The van der Waals surface area contributed by atoms with E-state index in [9.17, 15) is 13.2 Å². The van der Waals surface area contributed by atoms with Crippen molar-refractivity contribution in [1.82, 2.24) is 25.4 Å². The first-order valence-electron chi connectivity index (χ1n) is 9.24. The van der Waals surface area contributed by atoms with E-state index in [1.807, 2.05) is 6.92 Å². The van der Waals surface area contributed by atoms with Crippen LogP contribution in [0.5, 0.6) is 5.75 Å². The number of alkyl halides is 3. The molecule has 0 atom stereocenters. The molecule has 2 rings (SSSR count). The number of nitrogens with one attached hydrogen (secondary N) is 2. The number of aromatic nitrogens is 3. The van der Waals surface area contributed by atoms with Crippen molar-refractivity contribution in [2.45, 2.75) is 52.6 Å². The highest BCUT2D eigenvalue weighted by Crippen LogP contribution is 2.35. The van der Waals surface area contributed by atoms with Crippen LogP contribution in [0.3, 0.4) is 0 Å². The summed E-state index contributed by atoms with van der Waals surface area (Å²) >= 11 is 0. The van der Waals surface area contributed by atoms with Crippen LogP contribution in [0.25, 0.3) is 0 Å². The Hall–Kier alpha value is -2.05. The van der Waals surface area contributed by atoms with Gasteiger partial charge in [-0.2, -0.15) is 18.3 Å². The lowest BCUT2D eigenvalue weighted by Crippen LogP contribution is -2.37. The molecular formula is C19H28F3IN6O. The van der Waals surface area contributed by atoms with Gasteiger partial charge in [0.2, 0.25) is 0 Å². The summed E-state index contributed by atoms with van der Waals surface area (Å²) in [5.74, 6) is 1.23. The lowest BCUT2D eigenvalue weighted by molar-refractivity contribution is -0.138. The summed E-state index contributed by atoms with van der Waals surface area (Å²) in [5.41, 5.74) is -1.29. The number of nitrogens with zero attached hydrogens (tertiary/aromatic N) is 4. The molecule has 1 aromatic carbocycles. The summed E-state index contributed by atoms with van der Waals surface area (Å²) in [4.78, 5) is 8.38. The highest BCUT2D eigenvalue weighted by atomic mass is 127. The molecule has 11 heteroatoms. The Morgan fingerprint density at radius 3 is 2.43 bits per heavy atom. The van der Waals surface area contributed by atoms with Crippen molar-refractivity contribution in [3.05, 3.63) is 41.5 Å². The first kappa shape index (κ1) is 26.0. The lowest BCUT2D eigenvalue weighted by Gasteiger charge is -2.22. The second kappa shape index (κ2) is 10.8. The number of rotatable bonds is 6. The SMILES string of the molecule is CCNC(=NCc1ccc(OC(C)(C)C)cc1C(F)(F)F)NCc1ncnn1C.I. The largest absolute Gasteiger partial charge is 0.488 e. The van der Waals surface area contributed by atoms with Gasteiger partial charge in [0, 0.05) is 13.6 Å². The highest BCUT2D eigenvalue weighted by Gasteiger charge is 2.34. The van der Waals surface area contributed by atoms with Crippen molar-refractivity contribution >= 4 is 29.9 Å². The van der Waals surface area contributed by atoms with Gasteiger partial charge < -0.3 is 15.4 Å². The van der Waals surface area contributed by atoms with E-state index < -0.39 is 17.3 Å². The van der Waals surface area contributed by atoms with E-state index in [1.54, 1.807) is 32.5 Å². The molecule has 0 spiro atoms. The van der Waals surface area contributed by atoms with E-state index in [4.69, 9.17) is 4.74 Å². The number of halogens is 4. The van der Waals surface area contributed by atoms with Crippen molar-refractivity contribution in [2.75, 3.05) is 6.54 Å². The van der Waals surface area contributed by atoms with E-state index in [2.05, 4.69) is 25.7 Å². The van der Waals surface area contributed by atoms with E-state index >= 15 is 0 Å². The van der Waals surface area contributed by atoms with Crippen LogP contribution in [0.2, 0.25) is 0 Å². The Labute approximate surface area is 191 Å². The second-order valence-corrected chi connectivity index (χ2v) is 7.38. The van der Waals surface area contributed by atoms with Crippen molar-refractivity contribution in [2.24, 2.45) is 12.0 Å². The lowest BCUT2D eigenvalue weighted by atomic mass is 10.1. The molecule has 0 saturated carbocycles. The third kappa shape index (κ3) is 8.00. The Balaban J connectivity index is 0.00000450. The molecule has 0 aliphatic heterocycles. The summed E-state index contributed by atoms with van der Waals surface area (Å²) in [6.45, 7) is 7.98. The maximum Gasteiger partial charge on any atom is 0.416 e. The van der Waals surface area contributed by atoms with Crippen LogP contribution in [0.4, 0.5) is 13.2 Å². The summed E-state index contributed by atoms with van der Waals surface area (Å²) in [7, 11) is 1.75. The van der Waals surface area contributed by atoms with Gasteiger partial charge in [0.05, 0.1) is 18.7 Å². The second-order valence-electron chi connectivity index (χ2n) is 7.38. The zero-order valence-corrected chi connectivity index (χ0v) is 20.0. The van der Waals surface area contributed by atoms with E-state index in [-0.39, 0.29) is 41.8 Å². The standard InChI is InChI=1S/C19H27F3N6O.HI/c1-6-23-17(25-11-16-26-12-27-28(16)5)24-10-13-7-8-14(29-18(2,3)4)9-15(13)19(20,21)22;/h7-9,12H,6,10-11H2,1-5H3,(H2,23,24,25);1H. The molecule has 7 nitrogen and oxygen atoms in total. The first-order chi connectivity index (χ1) is 13.5. The van der Waals surface area contributed by atoms with E-state index in [1.165, 1.54) is 18.5 Å². The van der Waals surface area contributed by atoms with Gasteiger partial charge in [-0.25, -0.2) is 9.98 Å². The molecule has 30 heavy (non-hydrogen) atoms. The van der Waals surface area contributed by atoms with Crippen molar-refractivity contribution in [1.29, 1.82) is 0 Å². The minimum absolute atomic E-state index is 0. The minimum atomic E-state index is -4.51. The van der Waals surface area contributed by atoms with Gasteiger partial charge in [-0.3, -0.25) is 4.68 Å². The molecule has 0 aliphatic carbocycles. The average molecular weight is 540 g/mol. The number of benzene rings is 1. The molecule has 2 aromatic rings. The van der Waals surface area contributed by atoms with Crippen LogP contribution in [0.1, 0.15) is 44.6 Å². The number of guanidine groups is 1. The normalized spacial score (nSPS) is 12.3.